The zero-order valence-electron chi connectivity index (χ0n) is 18.1. The molecule has 1 aliphatic heterocycles. The summed E-state index contributed by atoms with van der Waals surface area (Å²) in [6.45, 7) is 1.48. The maximum atomic E-state index is 13.0. The monoisotopic (exact) mass is 449 g/mol. The first-order valence-corrected chi connectivity index (χ1v) is 10.5. The average molecular weight is 450 g/mol. The molecule has 1 amide bonds. The summed E-state index contributed by atoms with van der Waals surface area (Å²) in [6, 6.07) is 10.6. The number of hydrogen-bond donors (Lipinski definition) is 0. The minimum absolute atomic E-state index is 0.0153. The highest BCUT2D eigenvalue weighted by atomic mass is 35.5. The molecule has 7 nitrogen and oxygen atoms in total. The van der Waals surface area contributed by atoms with E-state index in [0.29, 0.717) is 41.1 Å². The molecular weight excluding hydrogens is 422 g/mol. The van der Waals surface area contributed by atoms with Gasteiger partial charge in [-0.15, -0.1) is 0 Å². The topological polar surface area (TPSA) is 66.5 Å². The third-order valence-corrected chi connectivity index (χ3v) is 5.33. The van der Waals surface area contributed by atoms with Gasteiger partial charge < -0.3 is 28.6 Å². The number of methoxy groups -OCH3 is 3. The van der Waals surface area contributed by atoms with Crippen LogP contribution in [0.3, 0.4) is 0 Å². The van der Waals surface area contributed by atoms with Gasteiger partial charge in [0, 0.05) is 24.7 Å². The number of carbonyl (C=O) groups excluding carboxylic acids is 1. The Hall–Kier alpha value is -2.64. The van der Waals surface area contributed by atoms with Crippen molar-refractivity contribution in [3.8, 4) is 23.0 Å². The van der Waals surface area contributed by atoms with E-state index in [1.54, 1.807) is 50.5 Å². The molecule has 0 aliphatic carbocycles. The molecule has 0 saturated carbocycles. The normalized spacial score (nSPS) is 15.4. The zero-order valence-corrected chi connectivity index (χ0v) is 18.8. The van der Waals surface area contributed by atoms with Crippen molar-refractivity contribution in [1.82, 2.24) is 4.90 Å². The number of nitrogens with zero attached hydrogens (tertiary/aromatic N) is 1. The summed E-state index contributed by atoms with van der Waals surface area (Å²) in [5, 5.41) is 0.612. The summed E-state index contributed by atoms with van der Waals surface area (Å²) in [5.41, 5.74) is 0.854. The van der Waals surface area contributed by atoms with E-state index in [1.807, 2.05) is 12.1 Å². The van der Waals surface area contributed by atoms with Gasteiger partial charge in [0.1, 0.15) is 5.75 Å². The van der Waals surface area contributed by atoms with Crippen LogP contribution in [0.1, 0.15) is 18.4 Å². The largest absolute Gasteiger partial charge is 0.493 e. The molecule has 0 aromatic heterocycles. The van der Waals surface area contributed by atoms with Gasteiger partial charge in [0.05, 0.1) is 27.4 Å². The Bertz CT molecular complexity index is 842. The smallest absolute Gasteiger partial charge is 0.260 e. The Morgan fingerprint density at radius 2 is 1.77 bits per heavy atom. The van der Waals surface area contributed by atoms with Gasteiger partial charge in [-0.05, 0) is 54.8 Å². The minimum Gasteiger partial charge on any atom is -0.493 e. The van der Waals surface area contributed by atoms with Crippen LogP contribution in [0, 0.1) is 0 Å². The molecule has 2 aromatic carbocycles. The maximum Gasteiger partial charge on any atom is 0.260 e. The lowest BCUT2D eigenvalue weighted by atomic mass is 10.1. The second kappa shape index (κ2) is 11.1. The minimum atomic E-state index is -0.140. The Morgan fingerprint density at radius 3 is 2.32 bits per heavy atom. The van der Waals surface area contributed by atoms with E-state index in [4.69, 9.17) is 35.3 Å². The maximum absolute atomic E-state index is 13.0. The van der Waals surface area contributed by atoms with Crippen LogP contribution in [0.15, 0.2) is 36.4 Å². The first kappa shape index (κ1) is 23.0. The van der Waals surface area contributed by atoms with Crippen molar-refractivity contribution in [3.05, 3.63) is 47.0 Å². The van der Waals surface area contributed by atoms with E-state index in [1.165, 1.54) is 0 Å². The Morgan fingerprint density at radius 1 is 1.10 bits per heavy atom. The van der Waals surface area contributed by atoms with Crippen LogP contribution in [0.25, 0.3) is 0 Å². The lowest BCUT2D eigenvalue weighted by Crippen LogP contribution is -2.39. The third-order valence-electron chi connectivity index (χ3n) is 5.07. The number of hydrogen-bond acceptors (Lipinski definition) is 6. The van der Waals surface area contributed by atoms with Gasteiger partial charge in [-0.1, -0.05) is 11.6 Å². The third kappa shape index (κ3) is 6.18. The van der Waals surface area contributed by atoms with Gasteiger partial charge in [0.15, 0.2) is 18.1 Å². The Kier molecular flexibility index (Phi) is 8.26. The fourth-order valence-corrected chi connectivity index (χ4v) is 3.63. The molecule has 1 aliphatic rings. The molecule has 0 spiro atoms. The molecule has 3 rings (SSSR count). The van der Waals surface area contributed by atoms with E-state index in [-0.39, 0.29) is 18.6 Å². The lowest BCUT2D eigenvalue weighted by Gasteiger charge is -2.26. The number of amides is 1. The van der Waals surface area contributed by atoms with Crippen molar-refractivity contribution in [3.63, 3.8) is 0 Å². The summed E-state index contributed by atoms with van der Waals surface area (Å²) >= 11 is 5.91. The van der Waals surface area contributed by atoms with Crippen LogP contribution in [-0.4, -0.2) is 58.0 Å². The first-order valence-electron chi connectivity index (χ1n) is 10.1. The van der Waals surface area contributed by atoms with Gasteiger partial charge in [0.25, 0.3) is 5.91 Å². The number of benzene rings is 2. The summed E-state index contributed by atoms with van der Waals surface area (Å²) < 4.78 is 27.7. The standard InChI is InChI=1S/C23H28ClNO6/c1-27-20-11-16(12-21(28-2)23(20)29-3)13-25(14-19-5-4-10-30-19)22(26)15-31-18-8-6-17(24)7-9-18/h6-9,11-12,19H,4-5,10,13-15H2,1-3H3. The van der Waals surface area contributed by atoms with Gasteiger partial charge in [0.2, 0.25) is 5.75 Å². The number of ether oxygens (including phenoxy) is 5. The molecule has 1 saturated heterocycles. The van der Waals surface area contributed by atoms with E-state index in [0.717, 1.165) is 25.0 Å². The quantitative estimate of drug-likeness (QED) is 0.547. The first-order chi connectivity index (χ1) is 15.0. The van der Waals surface area contributed by atoms with Crippen molar-refractivity contribution < 1.29 is 28.5 Å². The second-order valence-corrected chi connectivity index (χ2v) is 7.62. The molecular formula is C23H28ClNO6. The van der Waals surface area contributed by atoms with E-state index < -0.39 is 0 Å². The predicted molar refractivity (Wildman–Crippen MR) is 117 cm³/mol. The van der Waals surface area contributed by atoms with Crippen LogP contribution < -0.4 is 18.9 Å². The van der Waals surface area contributed by atoms with Gasteiger partial charge in [-0.2, -0.15) is 0 Å². The molecule has 168 valence electrons. The fourth-order valence-electron chi connectivity index (χ4n) is 3.50. The van der Waals surface area contributed by atoms with Crippen LogP contribution in [-0.2, 0) is 16.1 Å². The van der Waals surface area contributed by atoms with Gasteiger partial charge >= 0.3 is 0 Å². The van der Waals surface area contributed by atoms with Crippen molar-refractivity contribution in [2.45, 2.75) is 25.5 Å². The van der Waals surface area contributed by atoms with E-state index >= 15 is 0 Å². The molecule has 1 heterocycles. The van der Waals surface area contributed by atoms with Crippen molar-refractivity contribution in [2.75, 3.05) is 41.1 Å². The molecule has 0 radical (unpaired) electrons. The Balaban J connectivity index is 1.76. The fraction of sp³-hybridized carbons (Fsp3) is 0.435. The van der Waals surface area contributed by atoms with Crippen LogP contribution >= 0.6 is 11.6 Å². The van der Waals surface area contributed by atoms with Crippen LogP contribution in [0.4, 0.5) is 0 Å². The summed E-state index contributed by atoms with van der Waals surface area (Å²) in [6.07, 6.45) is 1.94. The molecule has 1 fully saturated rings. The summed E-state index contributed by atoms with van der Waals surface area (Å²) in [4.78, 5) is 14.8. The number of halogens is 1. The van der Waals surface area contributed by atoms with E-state index in [9.17, 15) is 4.79 Å². The van der Waals surface area contributed by atoms with Crippen LogP contribution in [0.5, 0.6) is 23.0 Å². The molecule has 1 unspecified atom stereocenters. The molecule has 0 N–H and O–H groups in total. The SMILES string of the molecule is COc1cc(CN(CC2CCCO2)C(=O)COc2ccc(Cl)cc2)cc(OC)c1OC. The summed E-state index contributed by atoms with van der Waals surface area (Å²) in [5.74, 6) is 2.04. The lowest BCUT2D eigenvalue weighted by molar-refractivity contribution is -0.135. The van der Waals surface area contributed by atoms with E-state index in [2.05, 4.69) is 0 Å². The molecule has 1 atom stereocenters. The Labute approximate surface area is 187 Å². The predicted octanol–water partition coefficient (Wildman–Crippen LogP) is 3.95. The van der Waals surface area contributed by atoms with Crippen LogP contribution in [0.2, 0.25) is 5.02 Å². The molecule has 0 bridgehead atoms. The van der Waals surface area contributed by atoms with Crippen molar-refractivity contribution >= 4 is 17.5 Å². The molecule has 2 aromatic rings. The summed E-state index contributed by atoms with van der Waals surface area (Å²) in [7, 11) is 4.69. The zero-order chi connectivity index (χ0) is 22.2. The highest BCUT2D eigenvalue weighted by Gasteiger charge is 2.24. The highest BCUT2D eigenvalue weighted by Crippen LogP contribution is 2.38. The van der Waals surface area contributed by atoms with Gasteiger partial charge in [-0.3, -0.25) is 4.79 Å². The average Bonchev–Trinajstić information content (AvgIpc) is 3.30. The highest BCUT2D eigenvalue weighted by molar-refractivity contribution is 6.30. The molecule has 31 heavy (non-hydrogen) atoms. The number of rotatable bonds is 10. The number of carbonyl (C=O) groups is 1. The second-order valence-electron chi connectivity index (χ2n) is 7.19. The van der Waals surface area contributed by atoms with Crippen molar-refractivity contribution in [2.24, 2.45) is 0 Å². The van der Waals surface area contributed by atoms with Crippen molar-refractivity contribution in [1.29, 1.82) is 0 Å². The van der Waals surface area contributed by atoms with Gasteiger partial charge in [-0.25, -0.2) is 0 Å². The molecule has 8 heteroatoms.